The van der Waals surface area contributed by atoms with Crippen LogP contribution >= 0.6 is 0 Å². The Morgan fingerprint density at radius 2 is 1.92 bits per heavy atom. The summed E-state index contributed by atoms with van der Waals surface area (Å²) in [6.07, 6.45) is 7.00. The zero-order chi connectivity index (χ0) is 17.2. The second kappa shape index (κ2) is 7.07. The minimum atomic E-state index is -0.522. The Balaban J connectivity index is 1.29. The zero-order valence-electron chi connectivity index (χ0n) is 14.2. The summed E-state index contributed by atoms with van der Waals surface area (Å²) in [5.74, 6) is 0.0142. The SMILES string of the molecule is Cc1nonc1CN1CCN(C(=O)C2COC3C=CC=CC3O2)CC1. The molecule has 0 saturated carbocycles. The number of allylic oxidation sites excluding steroid dienone is 2. The van der Waals surface area contributed by atoms with Gasteiger partial charge in [-0.3, -0.25) is 9.69 Å². The third-order valence-corrected chi connectivity index (χ3v) is 4.88. The quantitative estimate of drug-likeness (QED) is 0.779. The van der Waals surface area contributed by atoms with Gasteiger partial charge in [-0.1, -0.05) is 34.6 Å². The molecule has 0 aromatic carbocycles. The average Bonchev–Trinajstić information content (AvgIpc) is 3.06. The van der Waals surface area contributed by atoms with E-state index in [0.29, 0.717) is 26.2 Å². The molecule has 1 aromatic rings. The summed E-state index contributed by atoms with van der Waals surface area (Å²) in [6.45, 7) is 5.82. The van der Waals surface area contributed by atoms with Gasteiger partial charge in [0.15, 0.2) is 6.10 Å². The van der Waals surface area contributed by atoms with Crippen molar-refractivity contribution in [1.82, 2.24) is 20.1 Å². The molecule has 134 valence electrons. The maximum atomic E-state index is 12.7. The van der Waals surface area contributed by atoms with Crippen LogP contribution in [0.15, 0.2) is 28.9 Å². The number of piperazine rings is 1. The van der Waals surface area contributed by atoms with Crippen LogP contribution in [0.4, 0.5) is 0 Å². The third kappa shape index (κ3) is 3.51. The summed E-state index contributed by atoms with van der Waals surface area (Å²) in [5, 5.41) is 7.72. The Kier molecular flexibility index (Phi) is 4.65. The van der Waals surface area contributed by atoms with Crippen molar-refractivity contribution in [2.75, 3.05) is 32.8 Å². The van der Waals surface area contributed by atoms with Crippen LogP contribution in [0.3, 0.4) is 0 Å². The van der Waals surface area contributed by atoms with E-state index >= 15 is 0 Å². The molecule has 4 rings (SSSR count). The van der Waals surface area contributed by atoms with Crippen LogP contribution in [0.25, 0.3) is 0 Å². The first-order chi connectivity index (χ1) is 12.2. The molecule has 1 amide bonds. The first-order valence-corrected chi connectivity index (χ1v) is 8.62. The molecule has 2 aliphatic heterocycles. The van der Waals surface area contributed by atoms with Gasteiger partial charge in [-0.15, -0.1) is 0 Å². The molecule has 8 nitrogen and oxygen atoms in total. The van der Waals surface area contributed by atoms with Crippen molar-refractivity contribution in [3.05, 3.63) is 35.7 Å². The number of hydrogen-bond donors (Lipinski definition) is 0. The standard InChI is InChI=1S/C17H22N4O4/c1-12-13(19-25-18-12)10-20-6-8-21(9-7-20)17(22)16-11-23-14-4-2-3-5-15(14)24-16/h2-5,14-16H,6-11H2,1H3. The van der Waals surface area contributed by atoms with E-state index in [-0.39, 0.29) is 18.1 Å². The predicted molar refractivity (Wildman–Crippen MR) is 87.6 cm³/mol. The summed E-state index contributed by atoms with van der Waals surface area (Å²) in [4.78, 5) is 16.8. The van der Waals surface area contributed by atoms with Crippen molar-refractivity contribution < 1.29 is 18.9 Å². The first kappa shape index (κ1) is 16.4. The molecule has 0 bridgehead atoms. The van der Waals surface area contributed by atoms with E-state index < -0.39 is 6.10 Å². The lowest BCUT2D eigenvalue weighted by Crippen LogP contribution is -2.55. The lowest BCUT2D eigenvalue weighted by molar-refractivity contribution is -0.177. The normalized spacial score (nSPS) is 29.6. The number of carbonyl (C=O) groups is 1. The van der Waals surface area contributed by atoms with Crippen LogP contribution in [0.1, 0.15) is 11.4 Å². The van der Waals surface area contributed by atoms with Crippen molar-refractivity contribution in [3.63, 3.8) is 0 Å². The zero-order valence-corrected chi connectivity index (χ0v) is 14.2. The van der Waals surface area contributed by atoms with Gasteiger partial charge < -0.3 is 14.4 Å². The third-order valence-electron chi connectivity index (χ3n) is 4.88. The Labute approximate surface area is 146 Å². The monoisotopic (exact) mass is 346 g/mol. The van der Waals surface area contributed by atoms with Gasteiger partial charge in [0.05, 0.1) is 6.61 Å². The van der Waals surface area contributed by atoms with Gasteiger partial charge in [0.2, 0.25) is 0 Å². The smallest absolute Gasteiger partial charge is 0.254 e. The highest BCUT2D eigenvalue weighted by Gasteiger charge is 2.36. The van der Waals surface area contributed by atoms with E-state index in [9.17, 15) is 4.79 Å². The second-order valence-corrected chi connectivity index (χ2v) is 6.55. The van der Waals surface area contributed by atoms with E-state index in [2.05, 4.69) is 15.2 Å². The fourth-order valence-corrected chi connectivity index (χ4v) is 3.33. The molecule has 3 aliphatic rings. The summed E-state index contributed by atoms with van der Waals surface area (Å²) < 4.78 is 16.4. The van der Waals surface area contributed by atoms with Crippen LogP contribution in [0, 0.1) is 6.92 Å². The lowest BCUT2D eigenvalue weighted by atomic mass is 10.1. The molecule has 8 heteroatoms. The van der Waals surface area contributed by atoms with E-state index in [1.54, 1.807) is 0 Å². The fraction of sp³-hybridized carbons (Fsp3) is 0.588. The number of aromatic nitrogens is 2. The molecule has 1 aromatic heterocycles. The number of fused-ring (bicyclic) bond motifs is 1. The summed E-state index contributed by atoms with van der Waals surface area (Å²) in [5.41, 5.74) is 1.67. The van der Waals surface area contributed by atoms with Gasteiger partial charge in [-0.2, -0.15) is 0 Å². The molecule has 25 heavy (non-hydrogen) atoms. The minimum absolute atomic E-state index is 0.0142. The van der Waals surface area contributed by atoms with Gasteiger partial charge in [0.1, 0.15) is 23.6 Å². The van der Waals surface area contributed by atoms with Crippen LogP contribution in [-0.4, -0.2) is 77.1 Å². The molecule has 2 saturated heterocycles. The van der Waals surface area contributed by atoms with Crippen LogP contribution in [0.5, 0.6) is 0 Å². The maximum Gasteiger partial charge on any atom is 0.254 e. The highest BCUT2D eigenvalue weighted by atomic mass is 16.6. The number of carbonyl (C=O) groups excluding carboxylic acids is 1. The highest BCUT2D eigenvalue weighted by Crippen LogP contribution is 2.22. The van der Waals surface area contributed by atoms with E-state index in [0.717, 1.165) is 24.5 Å². The van der Waals surface area contributed by atoms with Crippen molar-refractivity contribution in [1.29, 1.82) is 0 Å². The van der Waals surface area contributed by atoms with E-state index in [1.807, 2.05) is 36.1 Å². The Hall–Kier alpha value is -2.03. The maximum absolute atomic E-state index is 12.7. The van der Waals surface area contributed by atoms with Gasteiger partial charge in [-0.05, 0) is 6.92 Å². The largest absolute Gasteiger partial charge is 0.368 e. The first-order valence-electron chi connectivity index (χ1n) is 8.62. The molecule has 3 unspecified atom stereocenters. The van der Waals surface area contributed by atoms with Gasteiger partial charge in [0.25, 0.3) is 5.91 Å². The van der Waals surface area contributed by atoms with Crippen LogP contribution in [0.2, 0.25) is 0 Å². The van der Waals surface area contributed by atoms with Gasteiger partial charge in [-0.25, -0.2) is 4.63 Å². The van der Waals surface area contributed by atoms with Crippen molar-refractivity contribution >= 4 is 5.91 Å². The molecular formula is C17H22N4O4. The molecule has 0 radical (unpaired) electrons. The number of hydrogen-bond acceptors (Lipinski definition) is 7. The van der Waals surface area contributed by atoms with Crippen molar-refractivity contribution in [3.8, 4) is 0 Å². The molecule has 3 heterocycles. The molecule has 0 spiro atoms. The number of rotatable bonds is 3. The summed E-state index contributed by atoms with van der Waals surface area (Å²) in [6, 6.07) is 0. The van der Waals surface area contributed by atoms with Crippen molar-refractivity contribution in [2.45, 2.75) is 31.8 Å². The molecule has 1 aliphatic carbocycles. The van der Waals surface area contributed by atoms with Gasteiger partial charge in [0, 0.05) is 32.7 Å². The fourth-order valence-electron chi connectivity index (χ4n) is 3.33. The second-order valence-electron chi connectivity index (χ2n) is 6.55. The number of amides is 1. The van der Waals surface area contributed by atoms with Crippen LogP contribution < -0.4 is 0 Å². The Morgan fingerprint density at radius 1 is 1.16 bits per heavy atom. The number of nitrogens with zero attached hydrogens (tertiary/aromatic N) is 4. The summed E-state index contributed by atoms with van der Waals surface area (Å²) in [7, 11) is 0. The number of ether oxygens (including phenoxy) is 2. The Bertz CT molecular complexity index is 678. The molecule has 2 fully saturated rings. The average molecular weight is 346 g/mol. The Morgan fingerprint density at radius 3 is 2.64 bits per heavy atom. The topological polar surface area (TPSA) is 80.9 Å². The van der Waals surface area contributed by atoms with Gasteiger partial charge >= 0.3 is 0 Å². The number of aryl methyl sites for hydroxylation is 1. The predicted octanol–water partition coefficient (Wildman–Crippen LogP) is 0.301. The highest BCUT2D eigenvalue weighted by molar-refractivity contribution is 5.81. The van der Waals surface area contributed by atoms with E-state index in [4.69, 9.17) is 14.1 Å². The van der Waals surface area contributed by atoms with Crippen molar-refractivity contribution in [2.24, 2.45) is 0 Å². The molecular weight excluding hydrogens is 324 g/mol. The van der Waals surface area contributed by atoms with E-state index in [1.165, 1.54) is 0 Å². The summed E-state index contributed by atoms with van der Waals surface area (Å²) >= 11 is 0. The molecule has 3 atom stereocenters. The molecule has 0 N–H and O–H groups in total. The lowest BCUT2D eigenvalue weighted by Gasteiger charge is -2.39. The minimum Gasteiger partial charge on any atom is -0.368 e. The van der Waals surface area contributed by atoms with Crippen LogP contribution in [-0.2, 0) is 20.8 Å².